The Morgan fingerprint density at radius 2 is 1.16 bits per heavy atom. The lowest BCUT2D eigenvalue weighted by molar-refractivity contribution is -0.136. The van der Waals surface area contributed by atoms with Gasteiger partial charge in [-0.05, 0) is 31.2 Å². The van der Waals surface area contributed by atoms with Gasteiger partial charge in [-0.15, -0.1) is 0 Å². The SMILES string of the molecule is Cc1ccccc1.FC(F)(F)c1ccccc1NNc1ccccc1. The van der Waals surface area contributed by atoms with Crippen LogP contribution in [-0.4, -0.2) is 0 Å². The summed E-state index contributed by atoms with van der Waals surface area (Å²) in [6.07, 6.45) is -4.37. The number of para-hydroxylation sites is 2. The Kier molecular flexibility index (Phi) is 6.46. The maximum atomic E-state index is 12.7. The molecule has 0 spiro atoms. The van der Waals surface area contributed by atoms with Gasteiger partial charge >= 0.3 is 6.18 Å². The summed E-state index contributed by atoms with van der Waals surface area (Å²) in [5.41, 5.74) is 6.59. The predicted molar refractivity (Wildman–Crippen MR) is 96.3 cm³/mol. The highest BCUT2D eigenvalue weighted by Crippen LogP contribution is 2.34. The Labute approximate surface area is 145 Å². The monoisotopic (exact) mass is 344 g/mol. The number of hydrogen-bond donors (Lipinski definition) is 2. The van der Waals surface area contributed by atoms with E-state index in [0.717, 1.165) is 6.07 Å². The molecule has 3 aromatic carbocycles. The van der Waals surface area contributed by atoms with E-state index in [1.165, 1.54) is 17.7 Å². The van der Waals surface area contributed by atoms with Crippen LogP contribution in [0.5, 0.6) is 0 Å². The molecular formula is C20H19F3N2. The molecule has 0 heterocycles. The van der Waals surface area contributed by atoms with E-state index >= 15 is 0 Å². The summed E-state index contributed by atoms with van der Waals surface area (Å²) in [5.74, 6) is 0. The van der Waals surface area contributed by atoms with Crippen LogP contribution in [-0.2, 0) is 6.18 Å². The molecule has 0 fully saturated rings. The summed E-state index contributed by atoms with van der Waals surface area (Å²) in [5, 5.41) is 0. The normalized spacial score (nSPS) is 10.4. The first kappa shape index (κ1) is 18.4. The maximum absolute atomic E-state index is 12.7. The number of hydrazine groups is 1. The summed E-state index contributed by atoms with van der Waals surface area (Å²) in [4.78, 5) is 0. The van der Waals surface area contributed by atoms with E-state index in [1.807, 2.05) is 24.3 Å². The molecule has 0 radical (unpaired) electrons. The molecule has 25 heavy (non-hydrogen) atoms. The number of rotatable bonds is 3. The first-order valence-electron chi connectivity index (χ1n) is 7.72. The van der Waals surface area contributed by atoms with E-state index in [4.69, 9.17) is 0 Å². The van der Waals surface area contributed by atoms with Crippen molar-refractivity contribution in [1.82, 2.24) is 0 Å². The molecule has 5 heteroatoms. The van der Waals surface area contributed by atoms with Crippen molar-refractivity contribution in [2.75, 3.05) is 10.9 Å². The Morgan fingerprint density at radius 3 is 1.68 bits per heavy atom. The molecule has 0 aliphatic carbocycles. The van der Waals surface area contributed by atoms with Crippen LogP contribution in [0, 0.1) is 6.92 Å². The molecule has 0 atom stereocenters. The van der Waals surface area contributed by atoms with Crippen LogP contribution in [0.3, 0.4) is 0 Å². The zero-order valence-corrected chi connectivity index (χ0v) is 13.7. The van der Waals surface area contributed by atoms with Gasteiger partial charge in [0.05, 0.1) is 16.9 Å². The van der Waals surface area contributed by atoms with Gasteiger partial charge in [0.1, 0.15) is 0 Å². The topological polar surface area (TPSA) is 24.1 Å². The minimum absolute atomic E-state index is 0.00569. The highest BCUT2D eigenvalue weighted by Gasteiger charge is 2.33. The van der Waals surface area contributed by atoms with Crippen molar-refractivity contribution >= 4 is 11.4 Å². The first-order valence-corrected chi connectivity index (χ1v) is 7.72. The molecule has 3 aromatic rings. The number of anilines is 2. The molecular weight excluding hydrogens is 325 g/mol. The lowest BCUT2D eigenvalue weighted by Crippen LogP contribution is -2.14. The maximum Gasteiger partial charge on any atom is 0.418 e. The zero-order chi connectivity index (χ0) is 18.1. The third kappa shape index (κ3) is 6.22. The van der Waals surface area contributed by atoms with Crippen molar-refractivity contribution in [2.45, 2.75) is 13.1 Å². The summed E-state index contributed by atoms with van der Waals surface area (Å²) in [6.45, 7) is 2.08. The molecule has 2 N–H and O–H groups in total. The van der Waals surface area contributed by atoms with Crippen molar-refractivity contribution in [1.29, 1.82) is 0 Å². The van der Waals surface area contributed by atoms with Crippen LogP contribution in [0.2, 0.25) is 0 Å². The van der Waals surface area contributed by atoms with Crippen molar-refractivity contribution in [3.05, 3.63) is 96.1 Å². The van der Waals surface area contributed by atoms with E-state index in [0.29, 0.717) is 5.69 Å². The van der Waals surface area contributed by atoms with Crippen LogP contribution in [0.15, 0.2) is 84.9 Å². The Morgan fingerprint density at radius 1 is 0.640 bits per heavy atom. The molecule has 0 unspecified atom stereocenters. The smallest absolute Gasteiger partial charge is 0.301 e. The fourth-order valence-electron chi connectivity index (χ4n) is 2.03. The second kappa shape index (κ2) is 8.78. The van der Waals surface area contributed by atoms with Gasteiger partial charge in [-0.3, -0.25) is 0 Å². The van der Waals surface area contributed by atoms with Gasteiger partial charge in [-0.2, -0.15) is 13.2 Å². The highest BCUT2D eigenvalue weighted by atomic mass is 19.4. The average Bonchev–Trinajstić information content (AvgIpc) is 2.61. The minimum Gasteiger partial charge on any atom is -0.301 e. The molecule has 2 nitrogen and oxygen atoms in total. The highest BCUT2D eigenvalue weighted by molar-refractivity contribution is 5.57. The molecule has 130 valence electrons. The van der Waals surface area contributed by atoms with Gasteiger partial charge in [0, 0.05) is 0 Å². The number of benzene rings is 3. The van der Waals surface area contributed by atoms with E-state index in [2.05, 4.69) is 29.9 Å². The summed E-state index contributed by atoms with van der Waals surface area (Å²) >= 11 is 0. The van der Waals surface area contributed by atoms with E-state index in [9.17, 15) is 13.2 Å². The lowest BCUT2D eigenvalue weighted by atomic mass is 10.2. The fraction of sp³-hybridized carbons (Fsp3) is 0.100. The summed E-state index contributed by atoms with van der Waals surface area (Å²) < 4.78 is 38.1. The Balaban J connectivity index is 0.000000269. The Bertz CT molecular complexity index is 757. The standard InChI is InChI=1S/C13H11F3N2.C7H8/c14-13(15,16)11-8-4-5-9-12(11)18-17-10-6-2-1-3-7-10;1-7-5-3-2-4-6-7/h1-9,17-18H;2-6H,1H3. The number of alkyl halides is 3. The van der Waals surface area contributed by atoms with Gasteiger partial charge in [0.25, 0.3) is 0 Å². The van der Waals surface area contributed by atoms with E-state index < -0.39 is 11.7 Å². The van der Waals surface area contributed by atoms with Crippen LogP contribution >= 0.6 is 0 Å². The van der Waals surface area contributed by atoms with Crippen molar-refractivity contribution in [3.8, 4) is 0 Å². The number of halogens is 3. The van der Waals surface area contributed by atoms with Crippen LogP contribution < -0.4 is 10.9 Å². The van der Waals surface area contributed by atoms with E-state index in [1.54, 1.807) is 30.3 Å². The van der Waals surface area contributed by atoms with Gasteiger partial charge < -0.3 is 10.9 Å². The average molecular weight is 344 g/mol. The molecule has 0 saturated carbocycles. The van der Waals surface area contributed by atoms with Gasteiger partial charge in [0.2, 0.25) is 0 Å². The van der Waals surface area contributed by atoms with Crippen LogP contribution in [0.4, 0.5) is 24.5 Å². The molecule has 3 rings (SSSR count). The second-order valence-electron chi connectivity index (χ2n) is 5.31. The zero-order valence-electron chi connectivity index (χ0n) is 13.7. The van der Waals surface area contributed by atoms with Crippen LogP contribution in [0.1, 0.15) is 11.1 Å². The molecule has 0 aliphatic rings. The van der Waals surface area contributed by atoms with Gasteiger partial charge in [-0.25, -0.2) is 0 Å². The minimum atomic E-state index is -4.37. The second-order valence-corrected chi connectivity index (χ2v) is 5.31. The molecule has 0 saturated heterocycles. The molecule has 0 amide bonds. The fourth-order valence-corrected chi connectivity index (χ4v) is 2.03. The van der Waals surface area contributed by atoms with Crippen molar-refractivity contribution in [2.24, 2.45) is 0 Å². The van der Waals surface area contributed by atoms with E-state index in [-0.39, 0.29) is 5.69 Å². The number of aryl methyl sites for hydroxylation is 1. The first-order chi connectivity index (χ1) is 12.0. The molecule has 0 aliphatic heterocycles. The predicted octanol–water partition coefficient (Wildman–Crippen LogP) is 6.14. The van der Waals surface area contributed by atoms with Gasteiger partial charge in [-0.1, -0.05) is 66.2 Å². The quantitative estimate of drug-likeness (QED) is 0.558. The van der Waals surface area contributed by atoms with Crippen molar-refractivity contribution in [3.63, 3.8) is 0 Å². The summed E-state index contributed by atoms with van der Waals surface area (Å²) in [6, 6.07) is 24.5. The third-order valence-electron chi connectivity index (χ3n) is 3.29. The van der Waals surface area contributed by atoms with Gasteiger partial charge in [0.15, 0.2) is 0 Å². The lowest BCUT2D eigenvalue weighted by Gasteiger charge is -2.15. The third-order valence-corrected chi connectivity index (χ3v) is 3.29. The van der Waals surface area contributed by atoms with Crippen LogP contribution in [0.25, 0.3) is 0 Å². The summed E-state index contributed by atoms with van der Waals surface area (Å²) in [7, 11) is 0. The molecule has 0 bridgehead atoms. The number of hydrogen-bond acceptors (Lipinski definition) is 2. The number of nitrogens with one attached hydrogen (secondary N) is 2. The Hall–Kier alpha value is -2.95. The largest absolute Gasteiger partial charge is 0.418 e. The van der Waals surface area contributed by atoms with Crippen molar-refractivity contribution < 1.29 is 13.2 Å². The molecule has 0 aromatic heterocycles.